The van der Waals surface area contributed by atoms with Crippen LogP contribution in [0.15, 0.2) is 47.4 Å². The number of nitrogens with zero attached hydrogens (tertiary/aromatic N) is 1. The molecule has 0 aromatic heterocycles. The molecular formula is C22H26N2O6S. The molecule has 0 radical (unpaired) electrons. The molecule has 31 heavy (non-hydrogen) atoms. The summed E-state index contributed by atoms with van der Waals surface area (Å²) in [5.74, 6) is -1.79. The molecule has 8 nitrogen and oxygen atoms in total. The van der Waals surface area contributed by atoms with Crippen molar-refractivity contribution < 1.29 is 27.9 Å². The standard InChI is InChI=1S/C22H26N2O6S/c1-3-30-22(27)16-5-4-12-24(14-16)20-11-8-17(13-19(20)21(25)26)23-31(28,29)18-9-6-15(2)7-10-18/h6-11,13,16,23H,3-5,12,14H2,1-2H3,(H,25,26)/t16-/m0/s1. The molecule has 3 rings (SSSR count). The van der Waals surface area contributed by atoms with Crippen molar-refractivity contribution in [2.24, 2.45) is 5.92 Å². The number of anilines is 2. The highest BCUT2D eigenvalue weighted by Crippen LogP contribution is 2.30. The molecule has 2 aromatic rings. The van der Waals surface area contributed by atoms with Crippen molar-refractivity contribution in [3.8, 4) is 0 Å². The van der Waals surface area contributed by atoms with E-state index in [1.807, 2.05) is 11.8 Å². The maximum Gasteiger partial charge on any atom is 0.337 e. The molecule has 2 aromatic carbocycles. The largest absolute Gasteiger partial charge is 0.478 e. The van der Waals surface area contributed by atoms with Gasteiger partial charge in [-0.25, -0.2) is 13.2 Å². The summed E-state index contributed by atoms with van der Waals surface area (Å²) >= 11 is 0. The van der Waals surface area contributed by atoms with E-state index in [1.54, 1.807) is 25.1 Å². The van der Waals surface area contributed by atoms with Crippen LogP contribution in [0.25, 0.3) is 0 Å². The van der Waals surface area contributed by atoms with Crippen LogP contribution >= 0.6 is 0 Å². The first-order chi connectivity index (χ1) is 14.7. The zero-order valence-corrected chi connectivity index (χ0v) is 18.3. The van der Waals surface area contributed by atoms with Crippen LogP contribution in [-0.2, 0) is 19.6 Å². The van der Waals surface area contributed by atoms with Gasteiger partial charge in [0.2, 0.25) is 0 Å². The van der Waals surface area contributed by atoms with Crippen LogP contribution in [0.5, 0.6) is 0 Å². The molecule has 0 unspecified atom stereocenters. The van der Waals surface area contributed by atoms with Crippen LogP contribution in [0.4, 0.5) is 11.4 Å². The second-order valence-electron chi connectivity index (χ2n) is 7.49. The fourth-order valence-corrected chi connectivity index (χ4v) is 4.68. The number of carbonyl (C=O) groups excluding carboxylic acids is 1. The van der Waals surface area contributed by atoms with E-state index in [2.05, 4.69) is 4.72 Å². The molecule has 0 saturated carbocycles. The average Bonchev–Trinajstić information content (AvgIpc) is 2.74. The van der Waals surface area contributed by atoms with Crippen LogP contribution in [0.2, 0.25) is 0 Å². The van der Waals surface area contributed by atoms with Crippen LogP contribution in [0.1, 0.15) is 35.7 Å². The average molecular weight is 447 g/mol. The van der Waals surface area contributed by atoms with Gasteiger partial charge in [0.1, 0.15) is 0 Å². The van der Waals surface area contributed by atoms with E-state index in [-0.39, 0.29) is 28.0 Å². The Morgan fingerprint density at radius 1 is 1.19 bits per heavy atom. The van der Waals surface area contributed by atoms with Gasteiger partial charge in [0, 0.05) is 18.8 Å². The smallest absolute Gasteiger partial charge is 0.337 e. The molecule has 0 bridgehead atoms. The van der Waals surface area contributed by atoms with Gasteiger partial charge in [-0.15, -0.1) is 0 Å². The Morgan fingerprint density at radius 2 is 1.90 bits per heavy atom. The lowest BCUT2D eigenvalue weighted by Gasteiger charge is -2.34. The fraction of sp³-hybridized carbons (Fsp3) is 0.364. The predicted molar refractivity (Wildman–Crippen MR) is 117 cm³/mol. The lowest BCUT2D eigenvalue weighted by atomic mass is 9.97. The number of aromatic carboxylic acids is 1. The minimum atomic E-state index is -3.85. The number of esters is 1. The summed E-state index contributed by atoms with van der Waals surface area (Å²) in [6.45, 7) is 4.86. The maximum atomic E-state index is 12.6. The normalized spacial score (nSPS) is 16.6. The van der Waals surface area contributed by atoms with Crippen LogP contribution in [-0.4, -0.2) is 45.2 Å². The number of sulfonamides is 1. The minimum Gasteiger partial charge on any atom is -0.478 e. The Bertz CT molecular complexity index is 1070. The van der Waals surface area contributed by atoms with E-state index in [0.29, 0.717) is 31.8 Å². The molecule has 1 aliphatic rings. The number of rotatable bonds is 7. The van der Waals surface area contributed by atoms with E-state index in [4.69, 9.17) is 4.74 Å². The van der Waals surface area contributed by atoms with Gasteiger partial charge in [-0.3, -0.25) is 9.52 Å². The van der Waals surface area contributed by atoms with E-state index in [0.717, 1.165) is 12.0 Å². The molecule has 2 N–H and O–H groups in total. The van der Waals surface area contributed by atoms with E-state index in [1.165, 1.54) is 24.3 Å². The van der Waals surface area contributed by atoms with E-state index in [9.17, 15) is 23.1 Å². The lowest BCUT2D eigenvalue weighted by molar-refractivity contribution is -0.148. The van der Waals surface area contributed by atoms with Crippen molar-refractivity contribution in [1.82, 2.24) is 0 Å². The van der Waals surface area contributed by atoms with Gasteiger partial charge in [-0.1, -0.05) is 17.7 Å². The highest BCUT2D eigenvalue weighted by Gasteiger charge is 2.29. The summed E-state index contributed by atoms with van der Waals surface area (Å²) in [5.41, 5.74) is 1.49. The molecule has 0 aliphatic carbocycles. The third kappa shape index (κ3) is 5.35. The molecule has 1 heterocycles. The SMILES string of the molecule is CCOC(=O)[C@H]1CCCN(c2ccc(NS(=O)(=O)c3ccc(C)cc3)cc2C(=O)O)C1. The quantitative estimate of drug-likeness (QED) is 0.628. The summed E-state index contributed by atoms with van der Waals surface area (Å²) in [7, 11) is -3.85. The van der Waals surface area contributed by atoms with Crippen LogP contribution in [0, 0.1) is 12.8 Å². The molecule has 0 amide bonds. The van der Waals surface area contributed by atoms with Gasteiger partial charge >= 0.3 is 11.9 Å². The Labute approximate surface area is 181 Å². The number of carbonyl (C=O) groups is 2. The van der Waals surface area contributed by atoms with Crippen molar-refractivity contribution >= 4 is 33.3 Å². The molecule has 9 heteroatoms. The van der Waals surface area contributed by atoms with Gasteiger partial charge in [0.15, 0.2) is 0 Å². The number of hydrogen-bond acceptors (Lipinski definition) is 6. The number of hydrogen-bond donors (Lipinski definition) is 2. The zero-order valence-electron chi connectivity index (χ0n) is 17.5. The first-order valence-electron chi connectivity index (χ1n) is 10.1. The molecular weight excluding hydrogens is 420 g/mol. The molecule has 1 aliphatic heterocycles. The van der Waals surface area contributed by atoms with Gasteiger partial charge in [-0.2, -0.15) is 0 Å². The van der Waals surface area contributed by atoms with Crippen LogP contribution < -0.4 is 9.62 Å². The van der Waals surface area contributed by atoms with Crippen LogP contribution in [0.3, 0.4) is 0 Å². The highest BCUT2D eigenvalue weighted by molar-refractivity contribution is 7.92. The minimum absolute atomic E-state index is 0.0337. The predicted octanol–water partition coefficient (Wildman–Crippen LogP) is 3.27. The first kappa shape index (κ1) is 22.6. The molecule has 1 fully saturated rings. The Kier molecular flexibility index (Phi) is 6.84. The summed E-state index contributed by atoms with van der Waals surface area (Å²) in [6.07, 6.45) is 1.41. The Balaban J connectivity index is 1.85. The summed E-state index contributed by atoms with van der Waals surface area (Å²) < 4.78 is 32.8. The van der Waals surface area contributed by atoms with Crippen molar-refractivity contribution in [2.75, 3.05) is 29.3 Å². The summed E-state index contributed by atoms with van der Waals surface area (Å²) in [4.78, 5) is 26.0. The Hall–Kier alpha value is -3.07. The first-order valence-corrected chi connectivity index (χ1v) is 11.6. The molecule has 166 valence electrons. The number of ether oxygens (including phenoxy) is 1. The summed E-state index contributed by atoms with van der Waals surface area (Å²) in [6, 6.07) is 10.8. The number of nitrogens with one attached hydrogen (secondary N) is 1. The third-order valence-corrected chi connectivity index (χ3v) is 6.59. The Morgan fingerprint density at radius 3 is 2.55 bits per heavy atom. The topological polar surface area (TPSA) is 113 Å². The molecule has 0 spiro atoms. The zero-order chi connectivity index (χ0) is 22.6. The second kappa shape index (κ2) is 9.38. The monoisotopic (exact) mass is 446 g/mol. The van der Waals surface area contributed by atoms with Gasteiger partial charge < -0.3 is 14.7 Å². The van der Waals surface area contributed by atoms with Gasteiger partial charge in [-0.05, 0) is 57.0 Å². The van der Waals surface area contributed by atoms with E-state index < -0.39 is 16.0 Å². The van der Waals surface area contributed by atoms with Crippen molar-refractivity contribution in [3.05, 3.63) is 53.6 Å². The number of benzene rings is 2. The fourth-order valence-electron chi connectivity index (χ4n) is 3.63. The van der Waals surface area contributed by atoms with Gasteiger partial charge in [0.05, 0.1) is 28.7 Å². The number of carboxylic acid groups (broad SMARTS) is 1. The number of carboxylic acids is 1. The van der Waals surface area contributed by atoms with Crippen molar-refractivity contribution in [3.63, 3.8) is 0 Å². The highest BCUT2D eigenvalue weighted by atomic mass is 32.2. The number of aryl methyl sites for hydroxylation is 1. The van der Waals surface area contributed by atoms with Gasteiger partial charge in [0.25, 0.3) is 10.0 Å². The molecule has 1 atom stereocenters. The third-order valence-electron chi connectivity index (χ3n) is 5.19. The molecule has 1 saturated heterocycles. The lowest BCUT2D eigenvalue weighted by Crippen LogP contribution is -2.40. The van der Waals surface area contributed by atoms with Crippen molar-refractivity contribution in [2.45, 2.75) is 31.6 Å². The van der Waals surface area contributed by atoms with Crippen molar-refractivity contribution in [1.29, 1.82) is 0 Å². The maximum absolute atomic E-state index is 12.6. The summed E-state index contributed by atoms with van der Waals surface area (Å²) in [5, 5.41) is 9.73. The number of piperidine rings is 1. The second-order valence-corrected chi connectivity index (χ2v) is 9.18. The van der Waals surface area contributed by atoms with E-state index >= 15 is 0 Å².